The first-order chi connectivity index (χ1) is 13.4. The third kappa shape index (κ3) is 3.75. The van der Waals surface area contributed by atoms with E-state index in [1.807, 2.05) is 0 Å². The van der Waals surface area contributed by atoms with Crippen molar-refractivity contribution in [1.82, 2.24) is 10.6 Å². The van der Waals surface area contributed by atoms with Crippen molar-refractivity contribution in [3.8, 4) is 11.5 Å². The molecule has 8 heteroatoms. The molecule has 0 unspecified atom stereocenters. The Morgan fingerprint density at radius 2 is 1.79 bits per heavy atom. The summed E-state index contributed by atoms with van der Waals surface area (Å²) in [5.41, 5.74) is 0.798. The molecule has 1 aliphatic rings. The van der Waals surface area contributed by atoms with E-state index in [-0.39, 0.29) is 12.3 Å². The minimum Gasteiger partial charge on any atom is -0.497 e. The van der Waals surface area contributed by atoms with E-state index in [2.05, 4.69) is 16.0 Å². The van der Waals surface area contributed by atoms with Crippen LogP contribution in [0, 0.1) is 0 Å². The fourth-order valence-corrected chi connectivity index (χ4v) is 3.01. The highest BCUT2D eigenvalue weighted by molar-refractivity contribution is 6.07. The largest absolute Gasteiger partial charge is 0.497 e. The standard InChI is InChI=1S/C20H21N3O5/c1-20(18(25)22-19(26)23-20)13-5-7-14(8-6-13)21-17(24)10-12-4-9-15(27-2)11-16(12)28-3/h4-9,11H,10H2,1-3H3,(H,21,24)(H2,22,23,25,26)/t20-/m1/s1. The van der Waals surface area contributed by atoms with E-state index < -0.39 is 17.5 Å². The summed E-state index contributed by atoms with van der Waals surface area (Å²) in [6.45, 7) is 1.62. The number of imide groups is 1. The number of hydrogen-bond donors (Lipinski definition) is 3. The smallest absolute Gasteiger partial charge is 0.322 e. The average molecular weight is 383 g/mol. The number of benzene rings is 2. The van der Waals surface area contributed by atoms with E-state index in [0.29, 0.717) is 22.7 Å². The van der Waals surface area contributed by atoms with Gasteiger partial charge in [0.2, 0.25) is 5.91 Å². The van der Waals surface area contributed by atoms with Gasteiger partial charge >= 0.3 is 6.03 Å². The van der Waals surface area contributed by atoms with Crippen molar-refractivity contribution < 1.29 is 23.9 Å². The molecule has 3 N–H and O–H groups in total. The van der Waals surface area contributed by atoms with Crippen molar-refractivity contribution in [2.24, 2.45) is 0 Å². The second-order valence-electron chi connectivity index (χ2n) is 6.51. The molecule has 0 aromatic heterocycles. The van der Waals surface area contributed by atoms with E-state index in [4.69, 9.17) is 9.47 Å². The maximum Gasteiger partial charge on any atom is 0.322 e. The Balaban J connectivity index is 1.68. The summed E-state index contributed by atoms with van der Waals surface area (Å²) >= 11 is 0. The normalized spacial score (nSPS) is 18.2. The van der Waals surface area contributed by atoms with Crippen LogP contribution >= 0.6 is 0 Å². The fraction of sp³-hybridized carbons (Fsp3) is 0.250. The van der Waals surface area contributed by atoms with Crippen LogP contribution in [-0.4, -0.2) is 32.1 Å². The van der Waals surface area contributed by atoms with Gasteiger partial charge in [-0.3, -0.25) is 14.9 Å². The van der Waals surface area contributed by atoms with Crippen LogP contribution in [0.2, 0.25) is 0 Å². The van der Waals surface area contributed by atoms with E-state index in [9.17, 15) is 14.4 Å². The minimum atomic E-state index is -1.13. The molecule has 0 saturated carbocycles. The third-order valence-corrected chi connectivity index (χ3v) is 4.64. The second kappa shape index (κ2) is 7.59. The molecule has 0 spiro atoms. The molecule has 1 saturated heterocycles. The molecule has 28 heavy (non-hydrogen) atoms. The highest BCUT2D eigenvalue weighted by Gasteiger charge is 2.43. The molecular weight excluding hydrogens is 362 g/mol. The predicted octanol–water partition coefficient (Wildman–Crippen LogP) is 1.94. The minimum absolute atomic E-state index is 0.130. The summed E-state index contributed by atoms with van der Waals surface area (Å²) in [7, 11) is 3.10. The van der Waals surface area contributed by atoms with Gasteiger partial charge in [0.25, 0.3) is 5.91 Å². The lowest BCUT2D eigenvalue weighted by Gasteiger charge is -2.21. The summed E-state index contributed by atoms with van der Waals surface area (Å²) < 4.78 is 10.5. The van der Waals surface area contributed by atoms with Gasteiger partial charge in [-0.05, 0) is 30.7 Å². The number of carbonyl (C=O) groups excluding carboxylic acids is 3. The number of hydrogen-bond acceptors (Lipinski definition) is 5. The maximum absolute atomic E-state index is 12.4. The van der Waals surface area contributed by atoms with Crippen LogP contribution in [0.3, 0.4) is 0 Å². The van der Waals surface area contributed by atoms with Crippen molar-refractivity contribution in [3.05, 3.63) is 53.6 Å². The molecule has 1 atom stereocenters. The summed E-state index contributed by atoms with van der Waals surface area (Å²) in [6, 6.07) is 11.5. The average Bonchev–Trinajstić information content (AvgIpc) is 2.95. The van der Waals surface area contributed by atoms with Crippen molar-refractivity contribution in [1.29, 1.82) is 0 Å². The van der Waals surface area contributed by atoms with Crippen molar-refractivity contribution in [3.63, 3.8) is 0 Å². The Morgan fingerprint density at radius 3 is 2.36 bits per heavy atom. The molecule has 146 valence electrons. The Kier molecular flexibility index (Phi) is 5.21. The van der Waals surface area contributed by atoms with Crippen LogP contribution < -0.4 is 25.4 Å². The first-order valence-electron chi connectivity index (χ1n) is 8.60. The molecule has 2 aromatic rings. The number of amides is 4. The van der Waals surface area contributed by atoms with Gasteiger partial charge in [0, 0.05) is 17.3 Å². The molecule has 8 nitrogen and oxygen atoms in total. The number of anilines is 1. The maximum atomic E-state index is 12.4. The Bertz CT molecular complexity index is 926. The zero-order valence-corrected chi connectivity index (χ0v) is 15.8. The molecule has 0 radical (unpaired) electrons. The van der Waals surface area contributed by atoms with Crippen LogP contribution in [0.5, 0.6) is 11.5 Å². The predicted molar refractivity (Wildman–Crippen MR) is 102 cm³/mol. The fourth-order valence-electron chi connectivity index (χ4n) is 3.01. The monoisotopic (exact) mass is 383 g/mol. The topological polar surface area (TPSA) is 106 Å². The Hall–Kier alpha value is -3.55. The van der Waals surface area contributed by atoms with Gasteiger partial charge < -0.3 is 20.1 Å². The zero-order valence-electron chi connectivity index (χ0n) is 15.8. The van der Waals surface area contributed by atoms with Crippen molar-refractivity contribution in [2.75, 3.05) is 19.5 Å². The molecule has 0 bridgehead atoms. The summed E-state index contributed by atoms with van der Waals surface area (Å²) in [4.78, 5) is 35.8. The van der Waals surface area contributed by atoms with Crippen molar-refractivity contribution >= 4 is 23.5 Å². The summed E-state index contributed by atoms with van der Waals surface area (Å²) in [6.07, 6.45) is 0.130. The SMILES string of the molecule is COc1ccc(CC(=O)Nc2ccc([C@@]3(C)NC(=O)NC3=O)cc2)c(OC)c1. The van der Waals surface area contributed by atoms with Crippen LogP contribution in [0.15, 0.2) is 42.5 Å². The molecule has 2 aromatic carbocycles. The highest BCUT2D eigenvalue weighted by atomic mass is 16.5. The van der Waals surface area contributed by atoms with Gasteiger partial charge in [0.05, 0.1) is 20.6 Å². The highest BCUT2D eigenvalue weighted by Crippen LogP contribution is 2.27. The van der Waals surface area contributed by atoms with E-state index >= 15 is 0 Å². The Morgan fingerprint density at radius 1 is 1.07 bits per heavy atom. The molecule has 1 fully saturated rings. The van der Waals surface area contributed by atoms with E-state index in [0.717, 1.165) is 5.56 Å². The van der Waals surface area contributed by atoms with Gasteiger partial charge in [0.15, 0.2) is 0 Å². The van der Waals surface area contributed by atoms with E-state index in [1.54, 1.807) is 56.5 Å². The third-order valence-electron chi connectivity index (χ3n) is 4.64. The number of urea groups is 1. The lowest BCUT2D eigenvalue weighted by Crippen LogP contribution is -2.40. The quantitative estimate of drug-likeness (QED) is 0.661. The van der Waals surface area contributed by atoms with Crippen LogP contribution in [0.25, 0.3) is 0 Å². The molecule has 4 amide bonds. The molecule has 1 aliphatic heterocycles. The van der Waals surface area contributed by atoms with Gasteiger partial charge in [0.1, 0.15) is 17.0 Å². The van der Waals surface area contributed by atoms with E-state index in [1.165, 1.54) is 7.11 Å². The van der Waals surface area contributed by atoms with Crippen LogP contribution in [-0.2, 0) is 21.5 Å². The molecule has 0 aliphatic carbocycles. The zero-order chi connectivity index (χ0) is 20.3. The van der Waals surface area contributed by atoms with Crippen molar-refractivity contribution in [2.45, 2.75) is 18.9 Å². The lowest BCUT2D eigenvalue weighted by atomic mass is 9.92. The number of nitrogens with one attached hydrogen (secondary N) is 3. The van der Waals surface area contributed by atoms with Gasteiger partial charge in [-0.25, -0.2) is 4.79 Å². The van der Waals surface area contributed by atoms with Gasteiger partial charge in [-0.15, -0.1) is 0 Å². The Labute approximate surface area is 162 Å². The lowest BCUT2D eigenvalue weighted by molar-refractivity contribution is -0.123. The summed E-state index contributed by atoms with van der Waals surface area (Å²) in [5.74, 6) is 0.587. The number of methoxy groups -OCH3 is 2. The van der Waals surface area contributed by atoms with Gasteiger partial charge in [-0.1, -0.05) is 18.2 Å². The van der Waals surface area contributed by atoms with Crippen LogP contribution in [0.4, 0.5) is 10.5 Å². The second-order valence-corrected chi connectivity index (χ2v) is 6.51. The molecule has 1 heterocycles. The number of carbonyl (C=O) groups is 3. The first-order valence-corrected chi connectivity index (χ1v) is 8.60. The number of ether oxygens (including phenoxy) is 2. The van der Waals surface area contributed by atoms with Crippen LogP contribution in [0.1, 0.15) is 18.1 Å². The molecule has 3 rings (SSSR count). The molecular formula is C20H21N3O5. The first kappa shape index (κ1) is 19.2. The van der Waals surface area contributed by atoms with Gasteiger partial charge in [-0.2, -0.15) is 0 Å². The number of rotatable bonds is 6. The summed E-state index contributed by atoms with van der Waals surface area (Å²) in [5, 5.41) is 7.63.